The molecule has 0 radical (unpaired) electrons. The van der Waals surface area contributed by atoms with Gasteiger partial charge in [0.25, 0.3) is 0 Å². The van der Waals surface area contributed by atoms with Crippen LogP contribution in [0.4, 0.5) is 0 Å². The predicted molar refractivity (Wildman–Crippen MR) is 62.5 cm³/mol. The molecule has 16 heavy (non-hydrogen) atoms. The zero-order valence-electron chi connectivity index (χ0n) is 9.72. The van der Waals surface area contributed by atoms with Crippen molar-refractivity contribution in [2.75, 3.05) is 0 Å². The third kappa shape index (κ3) is 2.10. The van der Waals surface area contributed by atoms with Crippen molar-refractivity contribution in [2.45, 2.75) is 33.1 Å². The van der Waals surface area contributed by atoms with Gasteiger partial charge >= 0.3 is 0 Å². The van der Waals surface area contributed by atoms with E-state index < -0.39 is 0 Å². The molecule has 2 heterocycles. The maximum Gasteiger partial charge on any atom is 0.141 e. The van der Waals surface area contributed by atoms with Gasteiger partial charge in [0, 0.05) is 30.6 Å². The van der Waals surface area contributed by atoms with Crippen LogP contribution in [-0.2, 0) is 12.8 Å². The molecule has 84 valence electrons. The topological polar surface area (TPSA) is 43.6 Å². The second kappa shape index (κ2) is 4.88. The van der Waals surface area contributed by atoms with Gasteiger partial charge in [-0.1, -0.05) is 20.3 Å². The first-order chi connectivity index (χ1) is 7.85. The highest BCUT2D eigenvalue weighted by Gasteiger charge is 2.05. The summed E-state index contributed by atoms with van der Waals surface area (Å²) in [5.41, 5.74) is 1.09. The van der Waals surface area contributed by atoms with E-state index in [0.29, 0.717) is 0 Å². The summed E-state index contributed by atoms with van der Waals surface area (Å²) in [4.78, 5) is 12.8. The van der Waals surface area contributed by atoms with Gasteiger partial charge in [0.2, 0.25) is 0 Å². The van der Waals surface area contributed by atoms with Crippen molar-refractivity contribution >= 4 is 0 Å². The molecule has 0 amide bonds. The van der Waals surface area contributed by atoms with Crippen molar-refractivity contribution in [3.05, 3.63) is 36.3 Å². The maximum atomic E-state index is 4.29. The molecule has 0 bridgehead atoms. The van der Waals surface area contributed by atoms with E-state index in [0.717, 1.165) is 36.6 Å². The van der Waals surface area contributed by atoms with E-state index in [2.05, 4.69) is 28.8 Å². The van der Waals surface area contributed by atoms with Gasteiger partial charge in [-0.25, -0.2) is 15.0 Å². The zero-order valence-corrected chi connectivity index (χ0v) is 9.72. The molecule has 0 unspecified atom stereocenters. The van der Waals surface area contributed by atoms with Gasteiger partial charge in [-0.05, 0) is 6.42 Å². The molecule has 0 saturated heterocycles. The fourth-order valence-corrected chi connectivity index (χ4v) is 1.71. The standard InChI is InChI=1S/C12H16N4/c1-3-5-10-8-12(15-9-14-10)16-7-6-13-11(16)4-2/h6-9H,3-5H2,1-2H3. The zero-order chi connectivity index (χ0) is 11.4. The van der Waals surface area contributed by atoms with Gasteiger partial charge in [-0.3, -0.25) is 4.57 Å². The highest BCUT2D eigenvalue weighted by atomic mass is 15.1. The quantitative estimate of drug-likeness (QED) is 0.786. The molecule has 2 aromatic heterocycles. The van der Waals surface area contributed by atoms with Crippen LogP contribution in [0.2, 0.25) is 0 Å². The van der Waals surface area contributed by atoms with Gasteiger partial charge in [0.1, 0.15) is 18.0 Å². The number of hydrogen-bond acceptors (Lipinski definition) is 3. The second-order valence-corrected chi connectivity index (χ2v) is 3.68. The first-order valence-corrected chi connectivity index (χ1v) is 5.68. The molecular formula is C12H16N4. The Balaban J connectivity index is 2.36. The van der Waals surface area contributed by atoms with Crippen LogP contribution in [0.1, 0.15) is 31.8 Å². The molecule has 0 spiro atoms. The van der Waals surface area contributed by atoms with Crippen molar-refractivity contribution < 1.29 is 0 Å². The van der Waals surface area contributed by atoms with Crippen molar-refractivity contribution in [1.29, 1.82) is 0 Å². The largest absolute Gasteiger partial charge is 0.288 e. The van der Waals surface area contributed by atoms with E-state index in [1.807, 2.05) is 16.8 Å². The van der Waals surface area contributed by atoms with Gasteiger partial charge in [-0.2, -0.15) is 0 Å². The molecule has 2 aromatic rings. The van der Waals surface area contributed by atoms with Gasteiger partial charge in [0.15, 0.2) is 0 Å². The lowest BCUT2D eigenvalue weighted by atomic mass is 10.2. The minimum absolute atomic E-state index is 0.903. The third-order valence-corrected chi connectivity index (χ3v) is 2.50. The van der Waals surface area contributed by atoms with E-state index in [9.17, 15) is 0 Å². The van der Waals surface area contributed by atoms with E-state index in [-0.39, 0.29) is 0 Å². The third-order valence-electron chi connectivity index (χ3n) is 2.50. The van der Waals surface area contributed by atoms with Crippen molar-refractivity contribution in [3.8, 4) is 5.82 Å². The summed E-state index contributed by atoms with van der Waals surface area (Å²) in [5.74, 6) is 1.94. The van der Waals surface area contributed by atoms with E-state index >= 15 is 0 Å². The molecule has 0 aliphatic heterocycles. The number of nitrogens with zero attached hydrogens (tertiary/aromatic N) is 4. The molecule has 4 nitrogen and oxygen atoms in total. The Morgan fingerprint density at radius 3 is 2.81 bits per heavy atom. The van der Waals surface area contributed by atoms with Crippen LogP contribution in [0, 0.1) is 0 Å². The number of hydrogen-bond donors (Lipinski definition) is 0. The smallest absolute Gasteiger partial charge is 0.141 e. The lowest BCUT2D eigenvalue weighted by molar-refractivity contribution is 0.831. The lowest BCUT2D eigenvalue weighted by Crippen LogP contribution is -2.03. The normalized spacial score (nSPS) is 10.6. The monoisotopic (exact) mass is 216 g/mol. The van der Waals surface area contributed by atoms with Crippen LogP contribution in [0.3, 0.4) is 0 Å². The van der Waals surface area contributed by atoms with Gasteiger partial charge in [-0.15, -0.1) is 0 Å². The molecule has 0 N–H and O–H groups in total. The maximum absolute atomic E-state index is 4.29. The number of aromatic nitrogens is 4. The van der Waals surface area contributed by atoms with Crippen LogP contribution in [-0.4, -0.2) is 19.5 Å². The van der Waals surface area contributed by atoms with Crippen LogP contribution in [0.5, 0.6) is 0 Å². The summed E-state index contributed by atoms with van der Waals surface area (Å²) in [6.07, 6.45) is 8.36. The summed E-state index contributed by atoms with van der Waals surface area (Å²) < 4.78 is 2.01. The van der Waals surface area contributed by atoms with Crippen LogP contribution >= 0.6 is 0 Å². The number of rotatable bonds is 4. The summed E-state index contributed by atoms with van der Waals surface area (Å²) in [6, 6.07) is 2.03. The fraction of sp³-hybridized carbons (Fsp3) is 0.417. The number of imidazole rings is 1. The first-order valence-electron chi connectivity index (χ1n) is 5.68. The molecule has 0 saturated carbocycles. The van der Waals surface area contributed by atoms with Gasteiger partial charge < -0.3 is 0 Å². The number of aryl methyl sites for hydroxylation is 2. The van der Waals surface area contributed by atoms with Crippen LogP contribution in [0.15, 0.2) is 24.8 Å². The van der Waals surface area contributed by atoms with E-state index in [4.69, 9.17) is 0 Å². The summed E-state index contributed by atoms with van der Waals surface area (Å²) in [6.45, 7) is 4.24. The van der Waals surface area contributed by atoms with Crippen LogP contribution in [0.25, 0.3) is 5.82 Å². The molecule has 0 aromatic carbocycles. The SMILES string of the molecule is CCCc1cc(-n2ccnc2CC)ncn1. The van der Waals surface area contributed by atoms with Crippen LogP contribution < -0.4 is 0 Å². The Morgan fingerprint density at radius 2 is 2.06 bits per heavy atom. The van der Waals surface area contributed by atoms with Crippen molar-refractivity contribution in [2.24, 2.45) is 0 Å². The molecule has 0 aliphatic rings. The first kappa shape index (κ1) is 10.8. The highest BCUT2D eigenvalue weighted by molar-refractivity contribution is 5.25. The average Bonchev–Trinajstić information content (AvgIpc) is 2.78. The molecule has 0 fully saturated rings. The molecule has 2 rings (SSSR count). The Hall–Kier alpha value is -1.71. The lowest BCUT2D eigenvalue weighted by Gasteiger charge is -2.06. The Bertz CT molecular complexity index is 462. The molecule has 0 atom stereocenters. The Kier molecular flexibility index (Phi) is 3.29. The summed E-state index contributed by atoms with van der Waals surface area (Å²) in [5, 5.41) is 0. The second-order valence-electron chi connectivity index (χ2n) is 3.68. The van der Waals surface area contributed by atoms with Crippen molar-refractivity contribution in [1.82, 2.24) is 19.5 Å². The van der Waals surface area contributed by atoms with E-state index in [1.54, 1.807) is 12.5 Å². The Labute approximate surface area is 95.4 Å². The average molecular weight is 216 g/mol. The fourth-order valence-electron chi connectivity index (χ4n) is 1.71. The predicted octanol–water partition coefficient (Wildman–Crippen LogP) is 2.18. The minimum atomic E-state index is 0.903. The molecular weight excluding hydrogens is 200 g/mol. The molecule has 4 heteroatoms. The minimum Gasteiger partial charge on any atom is -0.288 e. The van der Waals surface area contributed by atoms with Crippen molar-refractivity contribution in [3.63, 3.8) is 0 Å². The Morgan fingerprint density at radius 1 is 1.19 bits per heavy atom. The molecule has 0 aliphatic carbocycles. The highest BCUT2D eigenvalue weighted by Crippen LogP contribution is 2.09. The van der Waals surface area contributed by atoms with Gasteiger partial charge in [0.05, 0.1) is 0 Å². The summed E-state index contributed by atoms with van der Waals surface area (Å²) >= 11 is 0. The van der Waals surface area contributed by atoms with E-state index in [1.165, 1.54) is 0 Å². The summed E-state index contributed by atoms with van der Waals surface area (Å²) in [7, 11) is 0.